The van der Waals surface area contributed by atoms with Crippen LogP contribution in [0.3, 0.4) is 0 Å². The fraction of sp³-hybridized carbons (Fsp3) is 0.385. The van der Waals surface area contributed by atoms with Gasteiger partial charge in [-0.3, -0.25) is 9.59 Å². The number of nitrogens with zero attached hydrogens (tertiary/aromatic N) is 2. The molecule has 0 bridgehead atoms. The number of para-hydroxylation sites is 1. The number of benzene rings is 2. The molecule has 1 amide bonds. The van der Waals surface area contributed by atoms with Gasteiger partial charge in [-0.1, -0.05) is 32.0 Å². The van der Waals surface area contributed by atoms with Crippen molar-refractivity contribution in [3.05, 3.63) is 59.2 Å². The van der Waals surface area contributed by atoms with E-state index in [9.17, 15) is 14.7 Å². The van der Waals surface area contributed by atoms with Crippen molar-refractivity contribution in [1.29, 1.82) is 0 Å². The van der Waals surface area contributed by atoms with Gasteiger partial charge in [0, 0.05) is 17.7 Å². The highest BCUT2D eigenvalue weighted by atomic mass is 16.7. The summed E-state index contributed by atoms with van der Waals surface area (Å²) in [5.41, 5.74) is 1.07. The highest BCUT2D eigenvalue weighted by Crippen LogP contribution is 2.43. The van der Waals surface area contributed by atoms with Gasteiger partial charge in [-0.15, -0.1) is 0 Å². The molecule has 2 heterocycles. The maximum Gasteiger partial charge on any atom is 0.295 e. The summed E-state index contributed by atoms with van der Waals surface area (Å²) in [6, 6.07) is 11.4. The van der Waals surface area contributed by atoms with E-state index in [1.165, 1.54) is 0 Å². The molecule has 0 aliphatic carbocycles. The van der Waals surface area contributed by atoms with Gasteiger partial charge in [-0.2, -0.15) is 0 Å². The molecule has 0 radical (unpaired) electrons. The number of hydrogen-bond donors (Lipinski definition) is 1. The first-order chi connectivity index (χ1) is 16.5. The number of ketones is 1. The van der Waals surface area contributed by atoms with Crippen molar-refractivity contribution in [3.63, 3.8) is 0 Å². The Morgan fingerprint density at radius 3 is 2.59 bits per heavy atom. The summed E-state index contributed by atoms with van der Waals surface area (Å²) >= 11 is 0. The lowest BCUT2D eigenvalue weighted by molar-refractivity contribution is -0.140. The topological polar surface area (TPSA) is 88.5 Å². The molecule has 8 heteroatoms. The molecule has 0 spiro atoms. The predicted molar refractivity (Wildman–Crippen MR) is 127 cm³/mol. The minimum Gasteiger partial charge on any atom is -0.507 e. The first kappa shape index (κ1) is 23.6. The average Bonchev–Trinajstić information content (AvgIpc) is 3.43. The van der Waals surface area contributed by atoms with E-state index in [1.54, 1.807) is 36.3 Å². The normalized spacial score (nSPS) is 18.7. The fourth-order valence-corrected chi connectivity index (χ4v) is 4.53. The summed E-state index contributed by atoms with van der Waals surface area (Å²) in [6.45, 7) is 7.28. The summed E-state index contributed by atoms with van der Waals surface area (Å²) in [4.78, 5) is 30.2. The molecule has 1 saturated heterocycles. The number of methoxy groups -OCH3 is 1. The number of rotatable bonds is 9. The minimum absolute atomic E-state index is 0.0382. The van der Waals surface area contributed by atoms with E-state index in [1.807, 2.05) is 18.2 Å². The number of carbonyl (C=O) groups excluding carboxylic acids is 2. The van der Waals surface area contributed by atoms with Crippen LogP contribution >= 0.6 is 0 Å². The predicted octanol–water partition coefficient (Wildman–Crippen LogP) is 3.58. The quantitative estimate of drug-likeness (QED) is 0.343. The summed E-state index contributed by atoms with van der Waals surface area (Å²) in [7, 11) is 1.54. The maximum atomic E-state index is 13.2. The van der Waals surface area contributed by atoms with Crippen LogP contribution in [0.4, 0.5) is 0 Å². The van der Waals surface area contributed by atoms with Crippen LogP contribution in [0.15, 0.2) is 48.0 Å². The molecule has 2 aliphatic heterocycles. The molecule has 1 N–H and O–H groups in total. The fourth-order valence-electron chi connectivity index (χ4n) is 4.53. The number of ether oxygens (including phenoxy) is 3. The van der Waals surface area contributed by atoms with E-state index in [0.717, 1.165) is 19.6 Å². The number of hydrogen-bond acceptors (Lipinski definition) is 7. The zero-order valence-corrected chi connectivity index (χ0v) is 19.7. The first-order valence-electron chi connectivity index (χ1n) is 11.5. The van der Waals surface area contributed by atoms with Crippen LogP contribution in [0, 0.1) is 0 Å². The SMILES string of the molecule is CCN(CC)CCCN1C(=O)C(=O)/C(=C(/O)c2ccc3c(c2)OCO3)C1c1ccccc1OC. The minimum atomic E-state index is -0.765. The van der Waals surface area contributed by atoms with Crippen molar-refractivity contribution < 1.29 is 28.9 Å². The van der Waals surface area contributed by atoms with Crippen molar-refractivity contribution in [1.82, 2.24) is 9.80 Å². The third kappa shape index (κ3) is 4.33. The highest BCUT2D eigenvalue weighted by molar-refractivity contribution is 6.46. The Balaban J connectivity index is 1.77. The van der Waals surface area contributed by atoms with Crippen LogP contribution in [0.5, 0.6) is 17.2 Å². The number of aliphatic hydroxyl groups is 1. The Morgan fingerprint density at radius 2 is 1.85 bits per heavy atom. The second-order valence-electron chi connectivity index (χ2n) is 8.18. The van der Waals surface area contributed by atoms with Crippen LogP contribution in [-0.2, 0) is 9.59 Å². The van der Waals surface area contributed by atoms with Gasteiger partial charge in [0.15, 0.2) is 11.5 Å². The second kappa shape index (κ2) is 10.2. The van der Waals surface area contributed by atoms with Gasteiger partial charge in [-0.25, -0.2) is 0 Å². The van der Waals surface area contributed by atoms with Gasteiger partial charge in [-0.05, 0) is 50.3 Å². The molecule has 1 unspecified atom stereocenters. The molecule has 0 saturated carbocycles. The van der Waals surface area contributed by atoms with Crippen LogP contribution in [0.25, 0.3) is 5.76 Å². The Bertz CT molecular complexity index is 1110. The van der Waals surface area contributed by atoms with Crippen LogP contribution in [0.2, 0.25) is 0 Å². The van der Waals surface area contributed by atoms with E-state index in [2.05, 4.69) is 18.7 Å². The average molecular weight is 467 g/mol. The summed E-state index contributed by atoms with van der Waals surface area (Å²) in [5, 5.41) is 11.3. The van der Waals surface area contributed by atoms with E-state index in [-0.39, 0.29) is 18.1 Å². The number of fused-ring (bicyclic) bond motifs is 1. The van der Waals surface area contributed by atoms with E-state index >= 15 is 0 Å². The number of carbonyl (C=O) groups is 2. The van der Waals surface area contributed by atoms with Gasteiger partial charge < -0.3 is 29.1 Å². The van der Waals surface area contributed by atoms with Gasteiger partial charge in [0.1, 0.15) is 11.5 Å². The monoisotopic (exact) mass is 466 g/mol. The highest BCUT2D eigenvalue weighted by Gasteiger charge is 2.46. The van der Waals surface area contributed by atoms with E-state index < -0.39 is 17.7 Å². The molecule has 34 heavy (non-hydrogen) atoms. The van der Waals surface area contributed by atoms with Gasteiger partial charge in [0.05, 0.1) is 18.7 Å². The lowest BCUT2D eigenvalue weighted by Crippen LogP contribution is -2.33. The lowest BCUT2D eigenvalue weighted by atomic mass is 9.94. The van der Waals surface area contributed by atoms with Crippen LogP contribution in [-0.4, -0.2) is 66.7 Å². The molecule has 1 atom stereocenters. The van der Waals surface area contributed by atoms with Crippen LogP contribution < -0.4 is 14.2 Å². The van der Waals surface area contributed by atoms with Crippen LogP contribution in [0.1, 0.15) is 37.4 Å². The second-order valence-corrected chi connectivity index (χ2v) is 8.18. The zero-order chi connectivity index (χ0) is 24.2. The third-order valence-electron chi connectivity index (χ3n) is 6.39. The molecule has 2 aromatic rings. The summed E-state index contributed by atoms with van der Waals surface area (Å²) in [5.74, 6) is -0.00814. The Morgan fingerprint density at radius 1 is 1.12 bits per heavy atom. The Hall–Kier alpha value is -3.52. The number of Topliss-reactive ketones (excluding diaryl/α,β-unsaturated/α-hetero) is 1. The molecule has 2 aromatic carbocycles. The van der Waals surface area contributed by atoms with Crippen molar-refractivity contribution in [2.75, 3.05) is 40.1 Å². The molecule has 0 aromatic heterocycles. The first-order valence-corrected chi connectivity index (χ1v) is 11.5. The van der Waals surface area contributed by atoms with Crippen molar-refractivity contribution >= 4 is 17.4 Å². The van der Waals surface area contributed by atoms with Gasteiger partial charge >= 0.3 is 0 Å². The number of amides is 1. The molecule has 180 valence electrons. The maximum absolute atomic E-state index is 13.2. The summed E-state index contributed by atoms with van der Waals surface area (Å²) < 4.78 is 16.3. The molecule has 8 nitrogen and oxygen atoms in total. The van der Waals surface area contributed by atoms with E-state index in [4.69, 9.17) is 14.2 Å². The Kier molecular flexibility index (Phi) is 7.07. The number of likely N-dealkylation sites (tertiary alicyclic amines) is 1. The Labute approximate surface area is 199 Å². The van der Waals surface area contributed by atoms with Crippen molar-refractivity contribution in [2.24, 2.45) is 0 Å². The summed E-state index contributed by atoms with van der Waals surface area (Å²) in [6.07, 6.45) is 0.699. The molecule has 2 aliphatic rings. The molecule has 1 fully saturated rings. The lowest BCUT2D eigenvalue weighted by Gasteiger charge is -2.27. The van der Waals surface area contributed by atoms with Gasteiger partial charge in [0.25, 0.3) is 11.7 Å². The molecular formula is C26H30N2O6. The van der Waals surface area contributed by atoms with E-state index in [0.29, 0.717) is 41.3 Å². The van der Waals surface area contributed by atoms with Crippen molar-refractivity contribution in [3.8, 4) is 17.2 Å². The molecular weight excluding hydrogens is 436 g/mol. The van der Waals surface area contributed by atoms with Crippen molar-refractivity contribution in [2.45, 2.75) is 26.3 Å². The largest absolute Gasteiger partial charge is 0.507 e. The smallest absolute Gasteiger partial charge is 0.295 e. The standard InChI is InChI=1S/C26H30N2O6/c1-4-27(5-2)13-8-14-28-23(18-9-6-7-10-19(18)32-3)22(25(30)26(28)31)24(29)17-11-12-20-21(15-17)34-16-33-20/h6-7,9-12,15,23,29H,4-5,8,13-14,16H2,1-3H3/b24-22+. The zero-order valence-electron chi connectivity index (χ0n) is 19.7. The molecule has 4 rings (SSSR count). The van der Waals surface area contributed by atoms with Gasteiger partial charge in [0.2, 0.25) is 6.79 Å². The number of aliphatic hydroxyl groups excluding tert-OH is 1. The third-order valence-corrected chi connectivity index (χ3v) is 6.39.